The van der Waals surface area contributed by atoms with Crippen LogP contribution in [0.3, 0.4) is 0 Å². The summed E-state index contributed by atoms with van der Waals surface area (Å²) in [6.45, 7) is 1.24. The second-order valence-corrected chi connectivity index (χ2v) is 6.37. The Morgan fingerprint density at radius 3 is 2.76 bits per heavy atom. The van der Waals surface area contributed by atoms with Crippen molar-refractivity contribution in [2.24, 2.45) is 0 Å². The molecule has 0 unspecified atom stereocenters. The number of sulfonamides is 1. The molecule has 0 saturated carbocycles. The van der Waals surface area contributed by atoms with E-state index in [2.05, 4.69) is 15.8 Å². The van der Waals surface area contributed by atoms with Gasteiger partial charge in [-0.1, -0.05) is 6.07 Å². The van der Waals surface area contributed by atoms with Gasteiger partial charge in [-0.2, -0.15) is 0 Å². The summed E-state index contributed by atoms with van der Waals surface area (Å²) in [7, 11) is -1.66. The predicted molar refractivity (Wildman–Crippen MR) is 64.4 cm³/mol. The summed E-state index contributed by atoms with van der Waals surface area (Å²) in [6.07, 6.45) is 3.35. The number of rotatable bonds is 4. The maximum atomic E-state index is 12.2. The zero-order valence-corrected chi connectivity index (χ0v) is 10.4. The van der Waals surface area contributed by atoms with Crippen molar-refractivity contribution in [2.45, 2.75) is 11.8 Å². The minimum atomic E-state index is -3.26. The van der Waals surface area contributed by atoms with E-state index in [-0.39, 0.29) is 0 Å². The molecular formula is C10H16N4O2S. The van der Waals surface area contributed by atoms with Crippen LogP contribution in [-0.4, -0.2) is 43.1 Å². The van der Waals surface area contributed by atoms with E-state index in [0.29, 0.717) is 19.6 Å². The molecule has 1 aromatic rings. The third-order valence-electron chi connectivity index (χ3n) is 2.77. The number of nitrogens with one attached hydrogen (secondary N) is 2. The van der Waals surface area contributed by atoms with Gasteiger partial charge in [-0.25, -0.2) is 12.7 Å². The molecule has 2 rings (SSSR count). The summed E-state index contributed by atoms with van der Waals surface area (Å²) >= 11 is 0. The molecule has 94 valence electrons. The van der Waals surface area contributed by atoms with E-state index in [1.807, 2.05) is 6.07 Å². The molecule has 0 radical (unpaired) electrons. The first kappa shape index (κ1) is 12.4. The molecule has 0 amide bonds. The molecule has 17 heavy (non-hydrogen) atoms. The fourth-order valence-electron chi connectivity index (χ4n) is 1.75. The number of hydrogen-bond acceptors (Lipinski definition) is 5. The maximum absolute atomic E-state index is 12.2. The molecule has 1 aliphatic heterocycles. The van der Waals surface area contributed by atoms with E-state index in [1.165, 1.54) is 4.31 Å². The van der Waals surface area contributed by atoms with Gasteiger partial charge in [-0.05, 0) is 11.6 Å². The monoisotopic (exact) mass is 256 g/mol. The summed E-state index contributed by atoms with van der Waals surface area (Å²) in [4.78, 5) is 3.97. The predicted octanol–water partition coefficient (Wildman–Crippen LogP) is -0.680. The molecule has 2 N–H and O–H groups in total. The Hall–Kier alpha value is -1.02. The van der Waals surface area contributed by atoms with Crippen molar-refractivity contribution in [3.8, 4) is 0 Å². The van der Waals surface area contributed by atoms with Crippen LogP contribution in [0.1, 0.15) is 5.56 Å². The average Bonchev–Trinajstić information content (AvgIpc) is 2.84. The van der Waals surface area contributed by atoms with E-state index >= 15 is 0 Å². The van der Waals surface area contributed by atoms with E-state index < -0.39 is 15.3 Å². The molecule has 7 heteroatoms. The van der Waals surface area contributed by atoms with Crippen LogP contribution in [0.5, 0.6) is 0 Å². The number of hydrogen-bond donors (Lipinski definition) is 2. The Labute approximate surface area is 101 Å². The van der Waals surface area contributed by atoms with Gasteiger partial charge in [-0.3, -0.25) is 15.8 Å². The molecule has 0 atom stereocenters. The van der Waals surface area contributed by atoms with Crippen molar-refractivity contribution < 1.29 is 8.42 Å². The molecule has 1 fully saturated rings. The van der Waals surface area contributed by atoms with Gasteiger partial charge in [0.2, 0.25) is 10.0 Å². The fraction of sp³-hybridized carbons (Fsp3) is 0.500. The quantitative estimate of drug-likeness (QED) is 0.746. The van der Waals surface area contributed by atoms with Crippen molar-refractivity contribution >= 4 is 10.0 Å². The summed E-state index contributed by atoms with van der Waals surface area (Å²) in [6, 6.07) is 3.67. The van der Waals surface area contributed by atoms with E-state index in [9.17, 15) is 8.42 Å². The van der Waals surface area contributed by atoms with Crippen molar-refractivity contribution in [1.29, 1.82) is 0 Å². The van der Waals surface area contributed by atoms with Gasteiger partial charge in [0, 0.05) is 39.1 Å². The summed E-state index contributed by atoms with van der Waals surface area (Å²) in [5, 5.41) is -0.399. The van der Waals surface area contributed by atoms with Gasteiger partial charge >= 0.3 is 0 Å². The molecule has 0 bridgehead atoms. The molecule has 1 saturated heterocycles. The van der Waals surface area contributed by atoms with Gasteiger partial charge in [0.1, 0.15) is 5.25 Å². The summed E-state index contributed by atoms with van der Waals surface area (Å²) < 4.78 is 25.7. The molecule has 0 spiro atoms. The van der Waals surface area contributed by atoms with E-state index in [1.54, 1.807) is 25.5 Å². The third kappa shape index (κ3) is 2.81. The fourth-order valence-corrected chi connectivity index (χ4v) is 3.17. The van der Waals surface area contributed by atoms with Gasteiger partial charge in [-0.15, -0.1) is 0 Å². The van der Waals surface area contributed by atoms with Crippen molar-refractivity contribution in [3.63, 3.8) is 0 Å². The maximum Gasteiger partial charge on any atom is 0.219 e. The first-order valence-electron chi connectivity index (χ1n) is 5.40. The molecule has 0 aromatic carbocycles. The lowest BCUT2D eigenvalue weighted by Gasteiger charge is -2.20. The second-order valence-electron chi connectivity index (χ2n) is 4.05. The highest BCUT2D eigenvalue weighted by Crippen LogP contribution is 2.12. The Balaban J connectivity index is 2.06. The van der Waals surface area contributed by atoms with Crippen molar-refractivity contribution in [3.05, 3.63) is 30.1 Å². The lowest BCUT2D eigenvalue weighted by molar-refractivity contribution is 0.458. The average molecular weight is 256 g/mol. The molecular weight excluding hydrogens is 240 g/mol. The van der Waals surface area contributed by atoms with Gasteiger partial charge < -0.3 is 0 Å². The Morgan fingerprint density at radius 1 is 1.47 bits per heavy atom. The Morgan fingerprint density at radius 2 is 2.18 bits per heavy atom. The van der Waals surface area contributed by atoms with E-state index in [0.717, 1.165) is 5.56 Å². The van der Waals surface area contributed by atoms with Crippen LogP contribution in [0.4, 0.5) is 0 Å². The van der Waals surface area contributed by atoms with Crippen LogP contribution in [0.15, 0.2) is 24.5 Å². The summed E-state index contributed by atoms with van der Waals surface area (Å²) in [5.74, 6) is 0. The second kappa shape index (κ2) is 5.09. The topological polar surface area (TPSA) is 74.3 Å². The largest absolute Gasteiger partial charge is 0.264 e. The van der Waals surface area contributed by atoms with E-state index in [4.69, 9.17) is 0 Å². The summed E-state index contributed by atoms with van der Waals surface area (Å²) in [5.41, 5.74) is 6.54. The molecule has 0 aliphatic carbocycles. The van der Waals surface area contributed by atoms with Crippen LogP contribution in [0, 0.1) is 0 Å². The number of aromatic nitrogens is 1. The van der Waals surface area contributed by atoms with Crippen LogP contribution in [0.2, 0.25) is 0 Å². The highest BCUT2D eigenvalue weighted by Gasteiger charge is 2.32. The highest BCUT2D eigenvalue weighted by molar-refractivity contribution is 7.89. The lowest BCUT2D eigenvalue weighted by Crippen LogP contribution is -2.38. The smallest absolute Gasteiger partial charge is 0.219 e. The number of nitrogens with zero attached hydrogens (tertiary/aromatic N) is 2. The first-order chi connectivity index (χ1) is 8.10. The minimum absolute atomic E-state index is 0.354. The zero-order chi connectivity index (χ0) is 12.3. The standard InChI is InChI=1S/C10H16N4O2S/c1-14(8-9-3-2-4-11-5-9)17(15,16)10-6-12-13-7-10/h2-5,10,12-13H,6-8H2,1H3. The van der Waals surface area contributed by atoms with Crippen molar-refractivity contribution in [1.82, 2.24) is 20.1 Å². The van der Waals surface area contributed by atoms with Crippen molar-refractivity contribution in [2.75, 3.05) is 20.1 Å². The first-order valence-corrected chi connectivity index (χ1v) is 6.91. The van der Waals surface area contributed by atoms with Gasteiger partial charge in [0.25, 0.3) is 0 Å². The molecule has 1 aliphatic rings. The highest BCUT2D eigenvalue weighted by atomic mass is 32.2. The SMILES string of the molecule is CN(Cc1cccnc1)S(=O)(=O)C1CNNC1. The lowest BCUT2D eigenvalue weighted by atomic mass is 10.3. The Kier molecular flexibility index (Phi) is 3.72. The van der Waals surface area contributed by atoms with Crippen LogP contribution in [0.25, 0.3) is 0 Å². The zero-order valence-electron chi connectivity index (χ0n) is 9.63. The normalized spacial score (nSPS) is 17.8. The van der Waals surface area contributed by atoms with Crippen LogP contribution in [-0.2, 0) is 16.6 Å². The third-order valence-corrected chi connectivity index (χ3v) is 4.94. The Bertz CT molecular complexity index is 456. The molecule has 2 heterocycles. The van der Waals surface area contributed by atoms with Crippen LogP contribution >= 0.6 is 0 Å². The van der Waals surface area contributed by atoms with Gasteiger partial charge in [0.15, 0.2) is 0 Å². The number of hydrazine groups is 1. The minimum Gasteiger partial charge on any atom is -0.264 e. The molecule has 6 nitrogen and oxygen atoms in total. The number of pyridine rings is 1. The van der Waals surface area contributed by atoms with Crippen LogP contribution < -0.4 is 10.9 Å². The molecule has 1 aromatic heterocycles. The van der Waals surface area contributed by atoms with Gasteiger partial charge in [0.05, 0.1) is 0 Å².